The summed E-state index contributed by atoms with van der Waals surface area (Å²) in [5.74, 6) is 0.928. The average molecular weight is 257 g/mol. The third kappa shape index (κ3) is 2.80. The lowest BCUT2D eigenvalue weighted by molar-refractivity contribution is 0.416. The van der Waals surface area contributed by atoms with Crippen LogP contribution in [0.3, 0.4) is 0 Å². The molecule has 0 unspecified atom stereocenters. The van der Waals surface area contributed by atoms with E-state index in [-0.39, 0.29) is 5.54 Å². The molecule has 19 heavy (non-hydrogen) atoms. The average Bonchev–Trinajstić information content (AvgIpc) is 2.94. The molecule has 0 spiro atoms. The van der Waals surface area contributed by atoms with E-state index in [4.69, 9.17) is 0 Å². The molecule has 0 aliphatic heterocycles. The molecule has 0 fully saturated rings. The van der Waals surface area contributed by atoms with Crippen LogP contribution < -0.4 is 5.32 Å². The highest BCUT2D eigenvalue weighted by Crippen LogP contribution is 2.26. The molecule has 0 saturated carbocycles. The van der Waals surface area contributed by atoms with Crippen LogP contribution in [-0.2, 0) is 0 Å². The summed E-state index contributed by atoms with van der Waals surface area (Å²) in [5.41, 5.74) is 1.28. The van der Waals surface area contributed by atoms with Crippen molar-refractivity contribution in [3.8, 4) is 5.69 Å². The van der Waals surface area contributed by atoms with Crippen molar-refractivity contribution >= 4 is 5.95 Å². The Bertz CT molecular complexity index is 489. The summed E-state index contributed by atoms with van der Waals surface area (Å²) in [6, 6.07) is 10.3. The molecule has 2 rings (SSSR count). The highest BCUT2D eigenvalue weighted by atomic mass is 15.2. The van der Waals surface area contributed by atoms with E-state index >= 15 is 0 Å². The summed E-state index contributed by atoms with van der Waals surface area (Å²) in [4.78, 5) is 4.47. The smallest absolute Gasteiger partial charge is 0.207 e. The number of aromatic nitrogens is 2. The van der Waals surface area contributed by atoms with Crippen LogP contribution in [0.2, 0.25) is 0 Å². The molecular weight excluding hydrogens is 234 g/mol. The molecule has 0 aliphatic carbocycles. The van der Waals surface area contributed by atoms with Crippen LogP contribution in [0, 0.1) is 0 Å². The van der Waals surface area contributed by atoms with Crippen LogP contribution in [0.5, 0.6) is 0 Å². The molecule has 3 heteroatoms. The number of para-hydroxylation sites is 1. The van der Waals surface area contributed by atoms with Gasteiger partial charge in [0, 0.05) is 23.6 Å². The first-order valence-corrected chi connectivity index (χ1v) is 7.11. The minimum atomic E-state index is 0.137. The lowest BCUT2D eigenvalue weighted by Crippen LogP contribution is -2.37. The second-order valence-corrected chi connectivity index (χ2v) is 4.92. The van der Waals surface area contributed by atoms with Crippen LogP contribution in [0.4, 0.5) is 5.95 Å². The van der Waals surface area contributed by atoms with Crippen LogP contribution in [0.25, 0.3) is 5.69 Å². The van der Waals surface area contributed by atoms with Gasteiger partial charge in [0.25, 0.3) is 0 Å². The number of hydrogen-bond acceptors (Lipinski definition) is 2. The Hall–Kier alpha value is -1.77. The number of hydrogen-bond donors (Lipinski definition) is 1. The van der Waals surface area contributed by atoms with Crippen molar-refractivity contribution in [2.24, 2.45) is 0 Å². The largest absolute Gasteiger partial charge is 0.350 e. The first-order valence-electron chi connectivity index (χ1n) is 7.11. The van der Waals surface area contributed by atoms with E-state index < -0.39 is 0 Å². The van der Waals surface area contributed by atoms with Crippen LogP contribution in [0.15, 0.2) is 42.7 Å². The van der Waals surface area contributed by atoms with Gasteiger partial charge in [-0.3, -0.25) is 4.57 Å². The van der Waals surface area contributed by atoms with Crippen LogP contribution in [0.1, 0.15) is 40.0 Å². The molecule has 1 aromatic carbocycles. The normalized spacial score (nSPS) is 11.5. The third-order valence-corrected chi connectivity index (χ3v) is 4.08. The van der Waals surface area contributed by atoms with E-state index in [9.17, 15) is 0 Å². The Balaban J connectivity index is 2.30. The molecule has 0 amide bonds. The molecule has 0 radical (unpaired) electrons. The standard InChI is InChI=1S/C16H23N3/c1-4-16(5-2,6-3)18-15-17-12-13-19(15)14-10-8-7-9-11-14/h7-13H,4-6H2,1-3H3,(H,17,18). The molecule has 1 N–H and O–H groups in total. The molecule has 1 aromatic heterocycles. The van der Waals surface area contributed by atoms with Crippen molar-refractivity contribution < 1.29 is 0 Å². The Morgan fingerprint density at radius 3 is 2.26 bits per heavy atom. The molecule has 102 valence electrons. The van der Waals surface area contributed by atoms with Gasteiger partial charge in [0.1, 0.15) is 0 Å². The van der Waals surface area contributed by atoms with E-state index in [0.717, 1.165) is 30.9 Å². The topological polar surface area (TPSA) is 29.9 Å². The number of imidazole rings is 1. The van der Waals surface area contributed by atoms with Gasteiger partial charge in [0.05, 0.1) is 0 Å². The van der Waals surface area contributed by atoms with Gasteiger partial charge in [-0.05, 0) is 31.4 Å². The summed E-state index contributed by atoms with van der Waals surface area (Å²) >= 11 is 0. The maximum atomic E-state index is 4.47. The van der Waals surface area contributed by atoms with Crippen molar-refractivity contribution in [3.05, 3.63) is 42.7 Å². The molecule has 0 aliphatic rings. The Kier molecular flexibility index (Phi) is 4.25. The maximum absolute atomic E-state index is 4.47. The van der Waals surface area contributed by atoms with Crippen LogP contribution in [-0.4, -0.2) is 15.1 Å². The number of nitrogens with zero attached hydrogens (tertiary/aromatic N) is 2. The van der Waals surface area contributed by atoms with Gasteiger partial charge in [-0.1, -0.05) is 39.0 Å². The van der Waals surface area contributed by atoms with Gasteiger partial charge in [-0.2, -0.15) is 0 Å². The van der Waals surface area contributed by atoms with Gasteiger partial charge in [-0.25, -0.2) is 4.98 Å². The second kappa shape index (κ2) is 5.91. The molecule has 0 bridgehead atoms. The quantitative estimate of drug-likeness (QED) is 0.838. The van der Waals surface area contributed by atoms with Crippen molar-refractivity contribution in [1.29, 1.82) is 0 Å². The number of nitrogens with one attached hydrogen (secondary N) is 1. The molecule has 2 aromatic rings. The van der Waals surface area contributed by atoms with Gasteiger partial charge < -0.3 is 5.32 Å². The highest BCUT2D eigenvalue weighted by molar-refractivity contribution is 5.43. The monoisotopic (exact) mass is 257 g/mol. The Morgan fingerprint density at radius 2 is 1.68 bits per heavy atom. The number of benzene rings is 1. The minimum absolute atomic E-state index is 0.137. The van der Waals surface area contributed by atoms with Crippen molar-refractivity contribution in [2.75, 3.05) is 5.32 Å². The fraction of sp³-hybridized carbons (Fsp3) is 0.438. The lowest BCUT2D eigenvalue weighted by atomic mass is 9.90. The summed E-state index contributed by atoms with van der Waals surface area (Å²) in [7, 11) is 0. The first kappa shape index (κ1) is 13.7. The second-order valence-electron chi connectivity index (χ2n) is 4.92. The summed E-state index contributed by atoms with van der Waals surface area (Å²) in [6.07, 6.45) is 7.15. The van der Waals surface area contributed by atoms with E-state index in [1.807, 2.05) is 30.6 Å². The molecular formula is C16H23N3. The molecule has 3 nitrogen and oxygen atoms in total. The zero-order chi connectivity index (χ0) is 13.7. The van der Waals surface area contributed by atoms with E-state index in [0.29, 0.717) is 0 Å². The predicted octanol–water partition coefficient (Wildman–Crippen LogP) is 4.25. The van der Waals surface area contributed by atoms with Crippen molar-refractivity contribution in [1.82, 2.24) is 9.55 Å². The predicted molar refractivity (Wildman–Crippen MR) is 80.8 cm³/mol. The summed E-state index contributed by atoms with van der Waals surface area (Å²) in [6.45, 7) is 6.70. The molecule has 0 saturated heterocycles. The fourth-order valence-corrected chi connectivity index (χ4v) is 2.45. The Morgan fingerprint density at radius 1 is 1.05 bits per heavy atom. The van der Waals surface area contributed by atoms with E-state index in [1.54, 1.807) is 0 Å². The zero-order valence-electron chi connectivity index (χ0n) is 12.1. The lowest BCUT2D eigenvalue weighted by Gasteiger charge is -2.32. The SMILES string of the molecule is CCC(CC)(CC)Nc1nccn1-c1ccccc1. The van der Waals surface area contributed by atoms with Gasteiger partial charge in [0.2, 0.25) is 5.95 Å². The minimum Gasteiger partial charge on any atom is -0.350 e. The first-order chi connectivity index (χ1) is 9.24. The third-order valence-electron chi connectivity index (χ3n) is 4.08. The highest BCUT2D eigenvalue weighted by Gasteiger charge is 2.25. The maximum Gasteiger partial charge on any atom is 0.207 e. The van der Waals surface area contributed by atoms with E-state index in [1.165, 1.54) is 0 Å². The van der Waals surface area contributed by atoms with Gasteiger partial charge in [-0.15, -0.1) is 0 Å². The number of rotatable bonds is 6. The van der Waals surface area contributed by atoms with E-state index in [2.05, 4.69) is 47.8 Å². The van der Waals surface area contributed by atoms with Crippen molar-refractivity contribution in [3.63, 3.8) is 0 Å². The van der Waals surface area contributed by atoms with Crippen molar-refractivity contribution in [2.45, 2.75) is 45.6 Å². The van der Waals surface area contributed by atoms with Crippen LogP contribution >= 0.6 is 0 Å². The zero-order valence-corrected chi connectivity index (χ0v) is 12.1. The van der Waals surface area contributed by atoms with Gasteiger partial charge in [0.15, 0.2) is 0 Å². The summed E-state index contributed by atoms with van der Waals surface area (Å²) in [5, 5.41) is 3.64. The molecule has 0 atom stereocenters. The Labute approximate surface area is 115 Å². The summed E-state index contributed by atoms with van der Waals surface area (Å²) < 4.78 is 2.11. The fourth-order valence-electron chi connectivity index (χ4n) is 2.45. The van der Waals surface area contributed by atoms with Gasteiger partial charge >= 0.3 is 0 Å². The number of anilines is 1. The molecule has 1 heterocycles.